The molecule has 0 saturated heterocycles. The van der Waals surface area contributed by atoms with Crippen molar-refractivity contribution in [2.45, 2.75) is 0 Å². The van der Waals surface area contributed by atoms with Crippen LogP contribution in [0, 0.1) is 0 Å². The first-order valence-electron chi connectivity index (χ1n) is 14.4. The Hall–Kier alpha value is -3.75. The standard InChI is InChI=1S/C36H32BrN6PS2.Cu/c1-38-35(45)42-40-34(28-22-24-29(37)25-23-28)33(27-14-6-2-7-15-27)41-43-36(46)39-26-44(30-16-8-3-9-17-30,31-18-10-4-11-19-31)32-20-12-5-13-21-32;/h2-25H,26H2,1H3,(H3-,38,39,40,41,42,43,45,46);/q;+2/p-1. The Labute approximate surface area is 306 Å². The molecule has 2 N–H and O–H groups in total. The maximum atomic E-state index is 5.82. The summed E-state index contributed by atoms with van der Waals surface area (Å²) in [6, 6.07) is 49.3. The van der Waals surface area contributed by atoms with E-state index in [1.807, 2.05) is 72.8 Å². The van der Waals surface area contributed by atoms with Crippen LogP contribution in [0.25, 0.3) is 0 Å². The van der Waals surface area contributed by atoms with Gasteiger partial charge >= 0.3 is 17.1 Å². The Bertz CT molecular complexity index is 1740. The normalized spacial score (nSPS) is 12.6. The van der Waals surface area contributed by atoms with Gasteiger partial charge in [-0.15, -0.1) is 10.2 Å². The quantitative estimate of drug-likeness (QED) is 0.0448. The van der Waals surface area contributed by atoms with Gasteiger partial charge in [0.05, 0.1) is 0 Å². The second-order valence-corrected chi connectivity index (χ2v) is 15.2. The number of hydrogen-bond acceptors (Lipinski definition) is 6. The van der Waals surface area contributed by atoms with E-state index in [1.165, 1.54) is 15.9 Å². The zero-order chi connectivity index (χ0) is 32.2. The van der Waals surface area contributed by atoms with Crippen molar-refractivity contribution >= 4 is 86.1 Å². The van der Waals surface area contributed by atoms with E-state index in [9.17, 15) is 0 Å². The van der Waals surface area contributed by atoms with Crippen LogP contribution in [0.1, 0.15) is 11.1 Å². The molecule has 0 heterocycles. The van der Waals surface area contributed by atoms with Crippen LogP contribution in [0.15, 0.2) is 170 Å². The number of hydrogen-bond donors (Lipinski definition) is 2. The topological polar surface area (TPSA) is 73.5 Å². The number of benzene rings is 5. The first-order chi connectivity index (χ1) is 22.5. The molecule has 0 atom stereocenters. The molecule has 0 aliphatic carbocycles. The van der Waals surface area contributed by atoms with Crippen molar-refractivity contribution in [3.8, 4) is 0 Å². The van der Waals surface area contributed by atoms with Gasteiger partial charge in [0.1, 0.15) is 40.9 Å². The third kappa shape index (κ3) is 9.20. The molecule has 0 saturated carbocycles. The van der Waals surface area contributed by atoms with E-state index in [0.29, 0.717) is 17.7 Å². The van der Waals surface area contributed by atoms with E-state index in [-0.39, 0.29) is 27.4 Å². The van der Waals surface area contributed by atoms with Crippen LogP contribution in [0.2, 0.25) is 0 Å². The molecule has 5 aromatic rings. The molecule has 0 aliphatic heterocycles. The summed E-state index contributed by atoms with van der Waals surface area (Å²) in [6.45, 7) is 0. The fraction of sp³-hybridized carbons (Fsp3) is 0.0556. The number of nitrogens with one attached hydrogen (secondary N) is 2. The van der Waals surface area contributed by atoms with Crippen molar-refractivity contribution in [1.82, 2.24) is 10.6 Å². The fourth-order valence-corrected chi connectivity index (χ4v) is 9.32. The number of halogens is 1. The van der Waals surface area contributed by atoms with Crippen LogP contribution < -0.4 is 26.5 Å². The van der Waals surface area contributed by atoms with Gasteiger partial charge in [0.15, 0.2) is 0 Å². The Morgan fingerprint density at radius 1 is 0.553 bits per heavy atom. The molecule has 0 fully saturated rings. The zero-order valence-electron chi connectivity index (χ0n) is 25.3. The summed E-state index contributed by atoms with van der Waals surface area (Å²) < 4.78 is 0.939. The number of amidine groups is 2. The van der Waals surface area contributed by atoms with Gasteiger partial charge in [-0.3, -0.25) is 0 Å². The summed E-state index contributed by atoms with van der Waals surface area (Å²) in [6.07, 6.45) is 0.559. The van der Waals surface area contributed by atoms with Gasteiger partial charge in [0, 0.05) is 27.8 Å². The molecule has 0 spiro atoms. The third-order valence-electron chi connectivity index (χ3n) is 7.14. The van der Waals surface area contributed by atoms with Crippen LogP contribution in [0.3, 0.4) is 0 Å². The minimum absolute atomic E-state index is 0. The van der Waals surface area contributed by atoms with Gasteiger partial charge in [-0.2, -0.15) is 10.2 Å². The average Bonchev–Trinajstić information content (AvgIpc) is 3.12. The third-order valence-corrected chi connectivity index (χ3v) is 12.4. The second-order valence-electron chi connectivity index (χ2n) is 9.98. The molecule has 0 amide bonds. The van der Waals surface area contributed by atoms with Gasteiger partial charge in [-0.1, -0.05) is 113 Å². The van der Waals surface area contributed by atoms with Gasteiger partial charge < -0.3 is 35.9 Å². The molecule has 239 valence electrons. The maximum Gasteiger partial charge on any atom is 2.00 e. The molecule has 0 bridgehead atoms. The van der Waals surface area contributed by atoms with Crippen molar-refractivity contribution in [1.29, 1.82) is 0 Å². The minimum atomic E-state index is -2.18. The molecule has 1 radical (unpaired) electrons. The summed E-state index contributed by atoms with van der Waals surface area (Å²) in [5.41, 5.74) is 2.61. The molecule has 6 nitrogen and oxygen atoms in total. The predicted octanol–water partition coefficient (Wildman–Crippen LogP) is 6.12. The average molecular weight is 786 g/mol. The monoisotopic (exact) mass is 784 g/mol. The van der Waals surface area contributed by atoms with Crippen molar-refractivity contribution in [2.75, 3.05) is 13.3 Å². The molecular weight excluding hydrogens is 755 g/mol. The van der Waals surface area contributed by atoms with Crippen LogP contribution in [0.5, 0.6) is 0 Å². The van der Waals surface area contributed by atoms with Crippen molar-refractivity contribution < 1.29 is 17.1 Å². The number of nitrogens with zero attached hydrogens (tertiary/aromatic N) is 4. The molecule has 5 rings (SSSR count). The summed E-state index contributed by atoms with van der Waals surface area (Å²) >= 11 is 14.6. The van der Waals surface area contributed by atoms with Gasteiger partial charge in [-0.05, 0) is 53.7 Å². The molecule has 11 heteroatoms. The Morgan fingerprint density at radius 3 is 1.36 bits per heavy atom. The van der Waals surface area contributed by atoms with E-state index in [2.05, 4.69) is 115 Å². The second kappa shape index (κ2) is 18.0. The van der Waals surface area contributed by atoms with Gasteiger partial charge in [-0.25, -0.2) is 0 Å². The Morgan fingerprint density at radius 2 is 0.936 bits per heavy atom. The largest absolute Gasteiger partial charge is 2.00 e. The zero-order valence-corrected chi connectivity index (χ0v) is 30.4. The van der Waals surface area contributed by atoms with E-state index >= 15 is 0 Å². The van der Waals surface area contributed by atoms with Crippen LogP contribution in [-0.4, -0.2) is 35.1 Å². The molecule has 0 aliphatic rings. The number of rotatable bonds is 10. The summed E-state index contributed by atoms with van der Waals surface area (Å²) in [5, 5.41) is 28.5. The SMILES string of the molecule is CN/C([S-])=N/N=C(/C(=N/N=C(\[S-])NC[P+](c1ccccc1)(c1ccccc1)c1ccccc1)c1ccccc1)c1ccc(Br)cc1.[Cu+2]. The minimum Gasteiger partial charge on any atom is -0.741 e. The van der Waals surface area contributed by atoms with Gasteiger partial charge in [0.2, 0.25) is 0 Å². The summed E-state index contributed by atoms with van der Waals surface area (Å²) in [5.74, 6) is 0. The molecule has 47 heavy (non-hydrogen) atoms. The van der Waals surface area contributed by atoms with E-state index < -0.39 is 7.26 Å². The molecule has 0 aromatic heterocycles. The van der Waals surface area contributed by atoms with E-state index in [1.54, 1.807) is 7.05 Å². The first kappa shape index (κ1) is 36.1. The van der Waals surface area contributed by atoms with E-state index in [4.69, 9.17) is 30.4 Å². The van der Waals surface area contributed by atoms with Crippen molar-refractivity contribution in [3.63, 3.8) is 0 Å². The van der Waals surface area contributed by atoms with Crippen LogP contribution in [-0.2, 0) is 42.3 Å². The summed E-state index contributed by atoms with van der Waals surface area (Å²) in [4.78, 5) is 0. The Kier molecular flexibility index (Phi) is 13.8. The molecular formula is C36H31BrCuN6PS2+. The smallest absolute Gasteiger partial charge is 0.741 e. The summed E-state index contributed by atoms with van der Waals surface area (Å²) in [7, 11) is -0.477. The fourth-order valence-electron chi connectivity index (χ4n) is 4.92. The van der Waals surface area contributed by atoms with Gasteiger partial charge in [0.25, 0.3) is 0 Å². The first-order valence-corrected chi connectivity index (χ1v) is 18.0. The maximum absolute atomic E-state index is 5.82. The van der Waals surface area contributed by atoms with Crippen LogP contribution >= 0.6 is 23.2 Å². The van der Waals surface area contributed by atoms with Crippen molar-refractivity contribution in [2.24, 2.45) is 20.4 Å². The van der Waals surface area contributed by atoms with E-state index in [0.717, 1.165) is 15.6 Å². The van der Waals surface area contributed by atoms with Crippen molar-refractivity contribution in [3.05, 3.63) is 161 Å². The molecule has 0 unspecified atom stereocenters. The molecule has 5 aromatic carbocycles. The van der Waals surface area contributed by atoms with Crippen LogP contribution in [0.4, 0.5) is 0 Å². The Balaban J connectivity index is 0.00000500. The predicted molar refractivity (Wildman–Crippen MR) is 205 cm³/mol.